The molecule has 2 rings (SSSR count). The second kappa shape index (κ2) is 8.95. The van der Waals surface area contributed by atoms with Crippen molar-refractivity contribution in [2.75, 3.05) is 13.7 Å². The number of hydrogen-bond donors (Lipinski definition) is 0. The Balaban J connectivity index is 2.16. The number of carbonyl (C=O) groups excluding carboxylic acids is 3. The fourth-order valence-corrected chi connectivity index (χ4v) is 2.89. The largest absolute Gasteiger partial charge is 0.465 e. The third-order valence-corrected chi connectivity index (χ3v) is 4.05. The average Bonchev–Trinajstić information content (AvgIpc) is 3.09. The number of hydrogen-bond acceptors (Lipinski definition) is 7. The third-order valence-electron chi connectivity index (χ3n) is 4.05. The van der Waals surface area contributed by atoms with E-state index in [4.69, 9.17) is 14.2 Å². The van der Waals surface area contributed by atoms with Gasteiger partial charge in [-0.15, -0.1) is 0 Å². The van der Waals surface area contributed by atoms with Crippen LogP contribution in [-0.4, -0.2) is 54.5 Å². The van der Waals surface area contributed by atoms with Crippen molar-refractivity contribution in [3.63, 3.8) is 0 Å². The predicted octanol–water partition coefficient (Wildman–Crippen LogP) is 3.14. The van der Waals surface area contributed by atoms with E-state index in [1.807, 2.05) is 0 Å². The van der Waals surface area contributed by atoms with Gasteiger partial charge in [-0.1, -0.05) is 0 Å². The normalized spacial score (nSPS) is 17.6. The highest BCUT2D eigenvalue weighted by molar-refractivity contribution is 5.89. The Morgan fingerprint density at radius 3 is 2.32 bits per heavy atom. The molecule has 28 heavy (non-hydrogen) atoms. The van der Waals surface area contributed by atoms with E-state index < -0.39 is 36.0 Å². The van der Waals surface area contributed by atoms with Gasteiger partial charge >= 0.3 is 18.0 Å². The van der Waals surface area contributed by atoms with Gasteiger partial charge < -0.3 is 18.9 Å². The summed E-state index contributed by atoms with van der Waals surface area (Å²) in [6, 6.07) is 5.78. The number of benzene rings is 1. The first kappa shape index (κ1) is 21.5. The van der Waals surface area contributed by atoms with E-state index in [2.05, 4.69) is 4.74 Å². The van der Waals surface area contributed by atoms with Gasteiger partial charge in [0.15, 0.2) is 0 Å². The van der Waals surface area contributed by atoms with Gasteiger partial charge in [0.05, 0.1) is 12.7 Å². The molecular weight excluding hydrogens is 366 g/mol. The van der Waals surface area contributed by atoms with Gasteiger partial charge in [0.1, 0.15) is 17.4 Å². The molecule has 0 radical (unpaired) electrons. The van der Waals surface area contributed by atoms with E-state index in [0.717, 1.165) is 6.42 Å². The maximum absolute atomic E-state index is 12.5. The molecule has 1 aromatic carbocycles. The second-order valence-electron chi connectivity index (χ2n) is 7.49. The molecule has 8 heteroatoms. The van der Waals surface area contributed by atoms with Crippen LogP contribution in [0.2, 0.25) is 0 Å². The molecule has 0 aromatic heterocycles. The van der Waals surface area contributed by atoms with E-state index in [0.29, 0.717) is 24.3 Å². The number of ether oxygens (including phenoxy) is 4. The van der Waals surface area contributed by atoms with Gasteiger partial charge in [-0.2, -0.15) is 0 Å². The summed E-state index contributed by atoms with van der Waals surface area (Å²) in [6.45, 7) is 7.14. The molecule has 154 valence electrons. The van der Waals surface area contributed by atoms with Crippen LogP contribution in [0.4, 0.5) is 4.79 Å². The molecule has 0 saturated carbocycles. The molecule has 0 N–H and O–H groups in total. The Kier molecular flexibility index (Phi) is 6.88. The smallest absolute Gasteiger partial charge is 0.410 e. The SMILES string of the molecule is COC(=O)c1ccc(OC(OC(C)=O)[C@@H]2CCCN2C(=O)OC(C)(C)C)cc1. The lowest BCUT2D eigenvalue weighted by Crippen LogP contribution is -2.48. The maximum Gasteiger partial charge on any atom is 0.410 e. The number of carbonyl (C=O) groups is 3. The Labute approximate surface area is 164 Å². The topological polar surface area (TPSA) is 91.4 Å². The van der Waals surface area contributed by atoms with Crippen molar-refractivity contribution in [3.05, 3.63) is 29.8 Å². The van der Waals surface area contributed by atoms with Gasteiger partial charge in [-0.05, 0) is 57.9 Å². The summed E-state index contributed by atoms with van der Waals surface area (Å²) < 4.78 is 21.3. The molecule has 1 fully saturated rings. The average molecular weight is 393 g/mol. The Morgan fingerprint density at radius 1 is 1.14 bits per heavy atom. The van der Waals surface area contributed by atoms with Crippen molar-refractivity contribution in [1.29, 1.82) is 0 Å². The molecule has 8 nitrogen and oxygen atoms in total. The number of methoxy groups -OCH3 is 1. The number of amides is 1. The third kappa shape index (κ3) is 5.87. The highest BCUT2D eigenvalue weighted by atomic mass is 16.7. The van der Waals surface area contributed by atoms with Crippen LogP contribution in [0.5, 0.6) is 5.75 Å². The van der Waals surface area contributed by atoms with Crippen molar-refractivity contribution in [1.82, 2.24) is 4.90 Å². The highest BCUT2D eigenvalue weighted by Gasteiger charge is 2.40. The zero-order valence-corrected chi connectivity index (χ0v) is 16.9. The van der Waals surface area contributed by atoms with E-state index in [1.165, 1.54) is 18.9 Å². The van der Waals surface area contributed by atoms with E-state index in [-0.39, 0.29) is 0 Å². The summed E-state index contributed by atoms with van der Waals surface area (Å²) in [5.74, 6) is -0.586. The number of likely N-dealkylation sites (tertiary alicyclic amines) is 1. The number of nitrogens with zero attached hydrogens (tertiary/aromatic N) is 1. The first-order chi connectivity index (χ1) is 13.1. The lowest BCUT2D eigenvalue weighted by Gasteiger charge is -2.32. The molecular formula is C20H27NO7. The molecule has 0 aliphatic carbocycles. The van der Waals surface area contributed by atoms with E-state index in [1.54, 1.807) is 45.0 Å². The minimum absolute atomic E-state index is 0.370. The van der Waals surface area contributed by atoms with Crippen molar-refractivity contribution in [3.8, 4) is 5.75 Å². The van der Waals surface area contributed by atoms with Crippen molar-refractivity contribution < 1.29 is 33.3 Å². The van der Waals surface area contributed by atoms with Crippen molar-refractivity contribution in [2.45, 2.75) is 58.5 Å². The van der Waals surface area contributed by atoms with Gasteiger partial charge in [0.25, 0.3) is 6.29 Å². The molecule has 0 spiro atoms. The molecule has 2 atom stereocenters. The van der Waals surface area contributed by atoms with Crippen LogP contribution in [0.1, 0.15) is 50.9 Å². The second-order valence-corrected chi connectivity index (χ2v) is 7.49. The minimum atomic E-state index is -0.989. The first-order valence-corrected chi connectivity index (χ1v) is 9.12. The van der Waals surface area contributed by atoms with Crippen molar-refractivity contribution >= 4 is 18.0 Å². The molecule has 1 unspecified atom stereocenters. The van der Waals surface area contributed by atoms with E-state index >= 15 is 0 Å². The summed E-state index contributed by atoms with van der Waals surface area (Å²) in [6.07, 6.45) is -0.114. The summed E-state index contributed by atoms with van der Waals surface area (Å²) in [7, 11) is 1.30. The van der Waals surface area contributed by atoms with Crippen LogP contribution in [0.3, 0.4) is 0 Å². The minimum Gasteiger partial charge on any atom is -0.465 e. The summed E-state index contributed by atoms with van der Waals surface area (Å²) in [5.41, 5.74) is -0.263. The van der Waals surface area contributed by atoms with Crippen molar-refractivity contribution in [2.24, 2.45) is 0 Å². The molecule has 1 heterocycles. The van der Waals surface area contributed by atoms with Crippen LogP contribution in [0, 0.1) is 0 Å². The van der Waals surface area contributed by atoms with Gasteiger partial charge in [-0.3, -0.25) is 9.69 Å². The lowest BCUT2D eigenvalue weighted by molar-refractivity contribution is -0.168. The molecule has 0 bridgehead atoms. The number of esters is 2. The van der Waals surface area contributed by atoms with Crippen LogP contribution in [-0.2, 0) is 19.0 Å². The maximum atomic E-state index is 12.5. The monoisotopic (exact) mass is 393 g/mol. The molecule has 1 amide bonds. The molecule has 1 aliphatic rings. The first-order valence-electron chi connectivity index (χ1n) is 9.12. The molecule has 1 aromatic rings. The quantitative estimate of drug-likeness (QED) is 0.431. The van der Waals surface area contributed by atoms with Crippen LogP contribution >= 0.6 is 0 Å². The lowest BCUT2D eigenvalue weighted by atomic mass is 10.2. The summed E-state index contributed by atoms with van der Waals surface area (Å²) >= 11 is 0. The van der Waals surface area contributed by atoms with Gasteiger partial charge in [-0.25, -0.2) is 9.59 Å². The Bertz CT molecular complexity index is 708. The fourth-order valence-electron chi connectivity index (χ4n) is 2.89. The van der Waals surface area contributed by atoms with Gasteiger partial charge in [0.2, 0.25) is 0 Å². The van der Waals surface area contributed by atoms with E-state index in [9.17, 15) is 14.4 Å². The summed E-state index contributed by atoms with van der Waals surface area (Å²) in [4.78, 5) is 37.2. The number of rotatable bonds is 5. The zero-order valence-electron chi connectivity index (χ0n) is 16.9. The predicted molar refractivity (Wildman–Crippen MR) is 99.9 cm³/mol. The standard InChI is InChI=1S/C20H27NO7/c1-13(22)26-18(27-15-10-8-14(9-11-15)17(23)25-5)16-7-6-12-21(16)19(24)28-20(2,3)4/h8-11,16,18H,6-7,12H2,1-5H3/t16-,18?/m0/s1. The summed E-state index contributed by atoms with van der Waals surface area (Å²) in [5, 5.41) is 0. The fraction of sp³-hybridized carbons (Fsp3) is 0.550. The Morgan fingerprint density at radius 2 is 1.79 bits per heavy atom. The van der Waals surface area contributed by atoms with Crippen LogP contribution < -0.4 is 4.74 Å². The molecule has 1 saturated heterocycles. The zero-order chi connectivity index (χ0) is 20.9. The van der Waals surface area contributed by atoms with Gasteiger partial charge in [0, 0.05) is 13.5 Å². The van der Waals surface area contributed by atoms with Crippen LogP contribution in [0.25, 0.3) is 0 Å². The Hall–Kier alpha value is -2.77. The molecule has 1 aliphatic heterocycles. The highest BCUT2D eigenvalue weighted by Crippen LogP contribution is 2.27. The van der Waals surface area contributed by atoms with Crippen LogP contribution in [0.15, 0.2) is 24.3 Å².